The van der Waals surface area contributed by atoms with Crippen molar-refractivity contribution in [3.63, 3.8) is 0 Å². The minimum Gasteiger partial charge on any atom is -0.492 e. The Hall–Kier alpha value is -1.67. The smallest absolute Gasteiger partial charge is 0.230 e. The number of fused-ring (bicyclic) bond motifs is 1. The molecule has 0 spiro atoms. The molecule has 8 heteroatoms. The summed E-state index contributed by atoms with van der Waals surface area (Å²) in [6.45, 7) is 5.68. The Balaban J connectivity index is 1.81. The second kappa shape index (κ2) is 6.57. The van der Waals surface area contributed by atoms with E-state index in [9.17, 15) is 5.11 Å². The average molecular weight is 378 g/mol. The van der Waals surface area contributed by atoms with Crippen molar-refractivity contribution in [3.05, 3.63) is 45.6 Å². The van der Waals surface area contributed by atoms with E-state index in [4.69, 9.17) is 11.6 Å². The molecular formula is C17H20ClN5OS. The van der Waals surface area contributed by atoms with Crippen LogP contribution in [-0.4, -0.2) is 62.7 Å². The molecule has 3 heterocycles. The molecule has 0 aliphatic carbocycles. The number of aromatic nitrogens is 3. The Morgan fingerprint density at radius 2 is 2.00 bits per heavy atom. The number of rotatable bonds is 3. The first-order valence-corrected chi connectivity index (χ1v) is 9.45. The Kier molecular flexibility index (Phi) is 4.41. The van der Waals surface area contributed by atoms with E-state index in [0.717, 1.165) is 36.6 Å². The SMILES string of the molecule is Cc1nc2sc([C@H](c3cccc(Cl)c3)N3CCN(C)CC3)c(O)n2n1. The van der Waals surface area contributed by atoms with Crippen LogP contribution < -0.4 is 0 Å². The highest BCUT2D eigenvalue weighted by Crippen LogP contribution is 2.40. The molecule has 0 unspecified atom stereocenters. The molecule has 3 aromatic rings. The first-order valence-electron chi connectivity index (χ1n) is 8.26. The van der Waals surface area contributed by atoms with Crippen molar-refractivity contribution < 1.29 is 5.11 Å². The molecule has 1 saturated heterocycles. The molecule has 1 N–H and O–H groups in total. The van der Waals surface area contributed by atoms with Crippen molar-refractivity contribution >= 4 is 27.9 Å². The van der Waals surface area contributed by atoms with Crippen molar-refractivity contribution in [2.24, 2.45) is 0 Å². The summed E-state index contributed by atoms with van der Waals surface area (Å²) < 4.78 is 1.53. The van der Waals surface area contributed by atoms with Crippen LogP contribution in [0.5, 0.6) is 5.88 Å². The van der Waals surface area contributed by atoms with E-state index < -0.39 is 0 Å². The number of hydrogen-bond acceptors (Lipinski definition) is 6. The van der Waals surface area contributed by atoms with E-state index in [1.54, 1.807) is 0 Å². The van der Waals surface area contributed by atoms with Gasteiger partial charge in [0.2, 0.25) is 10.8 Å². The number of benzene rings is 1. The van der Waals surface area contributed by atoms with E-state index in [-0.39, 0.29) is 11.9 Å². The van der Waals surface area contributed by atoms with E-state index in [2.05, 4.69) is 33.0 Å². The van der Waals surface area contributed by atoms with E-state index in [1.165, 1.54) is 15.9 Å². The Morgan fingerprint density at radius 3 is 2.68 bits per heavy atom. The van der Waals surface area contributed by atoms with Gasteiger partial charge < -0.3 is 10.0 Å². The summed E-state index contributed by atoms with van der Waals surface area (Å²) in [5.74, 6) is 0.830. The normalized spacial score (nSPS) is 18.0. The first kappa shape index (κ1) is 16.8. The first-order chi connectivity index (χ1) is 12.0. The van der Waals surface area contributed by atoms with Gasteiger partial charge in [-0.05, 0) is 31.7 Å². The maximum absolute atomic E-state index is 10.8. The highest BCUT2D eigenvalue weighted by atomic mass is 35.5. The Bertz CT molecular complexity index is 900. The van der Waals surface area contributed by atoms with Crippen molar-refractivity contribution in [2.45, 2.75) is 13.0 Å². The number of likely N-dealkylation sites (N-methyl/N-ethyl adjacent to an activating group) is 1. The lowest BCUT2D eigenvalue weighted by Crippen LogP contribution is -2.46. The van der Waals surface area contributed by atoms with Gasteiger partial charge in [0.1, 0.15) is 5.82 Å². The van der Waals surface area contributed by atoms with Crippen molar-refractivity contribution in [1.29, 1.82) is 0 Å². The number of aryl methyl sites for hydroxylation is 1. The molecule has 132 valence electrons. The predicted octanol–water partition coefficient (Wildman–Crippen LogP) is 2.80. The van der Waals surface area contributed by atoms with Gasteiger partial charge in [0.05, 0.1) is 10.9 Å². The van der Waals surface area contributed by atoms with E-state index in [1.807, 2.05) is 25.1 Å². The number of piperazine rings is 1. The number of halogens is 1. The van der Waals surface area contributed by atoms with Gasteiger partial charge in [0.15, 0.2) is 0 Å². The van der Waals surface area contributed by atoms with Crippen molar-refractivity contribution in [3.8, 4) is 5.88 Å². The summed E-state index contributed by atoms with van der Waals surface area (Å²) in [5, 5.41) is 15.8. The predicted molar refractivity (Wildman–Crippen MR) is 99.6 cm³/mol. The van der Waals surface area contributed by atoms with E-state index in [0.29, 0.717) is 15.8 Å². The molecular weight excluding hydrogens is 358 g/mol. The fraction of sp³-hybridized carbons (Fsp3) is 0.412. The van der Waals surface area contributed by atoms with Crippen LogP contribution in [0.3, 0.4) is 0 Å². The van der Waals surface area contributed by atoms with Crippen LogP contribution in [0.1, 0.15) is 22.3 Å². The molecule has 2 aromatic heterocycles. The lowest BCUT2D eigenvalue weighted by molar-refractivity contribution is 0.127. The third-order valence-corrected chi connectivity index (χ3v) is 5.93. The summed E-state index contributed by atoms with van der Waals surface area (Å²) in [6, 6.07) is 7.82. The number of nitrogens with zero attached hydrogens (tertiary/aromatic N) is 5. The van der Waals surface area contributed by atoms with Gasteiger partial charge in [0.25, 0.3) is 0 Å². The minimum absolute atomic E-state index is 0.0544. The van der Waals surface area contributed by atoms with Gasteiger partial charge in [-0.15, -0.1) is 5.10 Å². The maximum Gasteiger partial charge on any atom is 0.230 e. The van der Waals surface area contributed by atoms with Crippen LogP contribution in [0.15, 0.2) is 24.3 Å². The number of aromatic hydroxyl groups is 1. The van der Waals surface area contributed by atoms with Crippen LogP contribution in [0.2, 0.25) is 5.02 Å². The third-order valence-electron chi connectivity index (χ3n) is 4.62. The summed E-state index contributed by atoms with van der Waals surface area (Å²) in [4.78, 5) is 10.7. The second-order valence-electron chi connectivity index (χ2n) is 6.44. The van der Waals surface area contributed by atoms with Crippen LogP contribution in [0.25, 0.3) is 4.96 Å². The maximum atomic E-state index is 10.8. The molecule has 1 aliphatic heterocycles. The van der Waals surface area contributed by atoms with Gasteiger partial charge in [-0.25, -0.2) is 4.98 Å². The lowest BCUT2D eigenvalue weighted by Gasteiger charge is -2.37. The molecule has 4 rings (SSSR count). The molecule has 0 bridgehead atoms. The van der Waals surface area contributed by atoms with Crippen LogP contribution in [0.4, 0.5) is 0 Å². The third kappa shape index (κ3) is 3.13. The largest absolute Gasteiger partial charge is 0.492 e. The molecule has 0 amide bonds. The summed E-state index contributed by atoms with van der Waals surface area (Å²) in [6.07, 6.45) is 0. The molecule has 25 heavy (non-hydrogen) atoms. The standard InChI is InChI=1S/C17H20ClN5OS/c1-11-19-17-23(20-11)16(24)15(25-17)14(12-4-3-5-13(18)10-12)22-8-6-21(2)7-9-22/h3-5,10,14,24H,6-9H2,1-2H3/t14-/m0/s1. The molecule has 1 fully saturated rings. The molecule has 0 saturated carbocycles. The fourth-order valence-electron chi connectivity index (χ4n) is 3.31. The summed E-state index contributed by atoms with van der Waals surface area (Å²) in [5.41, 5.74) is 1.08. The fourth-order valence-corrected chi connectivity index (χ4v) is 4.67. The molecule has 6 nitrogen and oxygen atoms in total. The van der Waals surface area contributed by atoms with Gasteiger partial charge in [0, 0.05) is 31.2 Å². The number of hydrogen-bond donors (Lipinski definition) is 1. The molecule has 0 radical (unpaired) electrons. The zero-order chi connectivity index (χ0) is 17.6. The monoisotopic (exact) mass is 377 g/mol. The average Bonchev–Trinajstić information content (AvgIpc) is 3.08. The topological polar surface area (TPSA) is 56.9 Å². The Labute approximate surface area is 155 Å². The highest BCUT2D eigenvalue weighted by molar-refractivity contribution is 7.17. The highest BCUT2D eigenvalue weighted by Gasteiger charge is 2.31. The van der Waals surface area contributed by atoms with Crippen molar-refractivity contribution in [2.75, 3.05) is 33.2 Å². The van der Waals surface area contributed by atoms with Crippen LogP contribution in [0, 0.1) is 6.92 Å². The van der Waals surface area contributed by atoms with Gasteiger partial charge in [-0.2, -0.15) is 4.52 Å². The quantitative estimate of drug-likeness (QED) is 0.760. The van der Waals surface area contributed by atoms with Gasteiger partial charge >= 0.3 is 0 Å². The summed E-state index contributed by atoms with van der Waals surface area (Å²) >= 11 is 7.73. The zero-order valence-electron chi connectivity index (χ0n) is 14.2. The second-order valence-corrected chi connectivity index (χ2v) is 7.89. The molecule has 1 aromatic carbocycles. The van der Waals surface area contributed by atoms with Crippen LogP contribution in [-0.2, 0) is 0 Å². The van der Waals surface area contributed by atoms with Crippen LogP contribution >= 0.6 is 22.9 Å². The summed E-state index contributed by atoms with van der Waals surface area (Å²) in [7, 11) is 2.13. The van der Waals surface area contributed by atoms with Crippen molar-refractivity contribution in [1.82, 2.24) is 24.4 Å². The van der Waals surface area contributed by atoms with Gasteiger partial charge in [-0.3, -0.25) is 4.90 Å². The zero-order valence-corrected chi connectivity index (χ0v) is 15.8. The molecule has 1 aliphatic rings. The number of thiazole rings is 1. The molecule has 1 atom stereocenters. The van der Waals surface area contributed by atoms with E-state index >= 15 is 0 Å². The lowest BCUT2D eigenvalue weighted by atomic mass is 10.0. The van der Waals surface area contributed by atoms with Gasteiger partial charge in [-0.1, -0.05) is 35.1 Å². The Morgan fingerprint density at radius 1 is 1.24 bits per heavy atom. The minimum atomic E-state index is -0.0544.